The molecule has 2 N–H and O–H groups in total. The Balaban J connectivity index is 2.33. The van der Waals surface area contributed by atoms with Crippen molar-refractivity contribution < 1.29 is 4.74 Å². The number of para-hydroxylation sites is 1. The van der Waals surface area contributed by atoms with Crippen LogP contribution < -0.4 is 10.5 Å². The lowest BCUT2D eigenvalue weighted by Gasteiger charge is -2.15. The number of hydrogen-bond acceptors (Lipinski definition) is 3. The van der Waals surface area contributed by atoms with Crippen LogP contribution in [0.15, 0.2) is 42.5 Å². The van der Waals surface area contributed by atoms with Gasteiger partial charge in [-0.15, -0.1) is 0 Å². The maximum Gasteiger partial charge on any atom is 0.130 e. The van der Waals surface area contributed by atoms with Gasteiger partial charge in [-0.1, -0.05) is 32.0 Å². The highest BCUT2D eigenvalue weighted by molar-refractivity contribution is 5.57. The van der Waals surface area contributed by atoms with E-state index in [0.717, 1.165) is 12.2 Å². The van der Waals surface area contributed by atoms with Gasteiger partial charge in [0.1, 0.15) is 17.6 Å². The number of nitriles is 1. The van der Waals surface area contributed by atoms with Crippen LogP contribution >= 0.6 is 0 Å². The molecule has 1 atom stereocenters. The molecule has 3 nitrogen and oxygen atoms in total. The predicted octanol–water partition coefficient (Wildman–Crippen LogP) is 4.45. The number of nitrogens with zero attached hydrogens (tertiary/aromatic N) is 1. The molecule has 2 rings (SSSR count). The van der Waals surface area contributed by atoms with Gasteiger partial charge in [0, 0.05) is 11.8 Å². The molecule has 102 valence electrons. The third-order valence-corrected chi connectivity index (χ3v) is 3.44. The van der Waals surface area contributed by atoms with E-state index in [1.165, 1.54) is 5.56 Å². The molecule has 0 saturated heterocycles. The topological polar surface area (TPSA) is 59.0 Å². The number of nitrogens with two attached hydrogens (primary N) is 1. The van der Waals surface area contributed by atoms with E-state index in [-0.39, 0.29) is 0 Å². The number of hydrogen-bond donors (Lipinski definition) is 1. The Kier molecular flexibility index (Phi) is 4.27. The quantitative estimate of drug-likeness (QED) is 0.832. The molecule has 1 unspecified atom stereocenters. The first kappa shape index (κ1) is 14.0. The molecule has 0 aromatic heterocycles. The van der Waals surface area contributed by atoms with Crippen LogP contribution in [0.5, 0.6) is 11.5 Å². The monoisotopic (exact) mass is 266 g/mol. The van der Waals surface area contributed by atoms with Crippen LogP contribution in [-0.2, 0) is 0 Å². The molecule has 2 aromatic carbocycles. The average molecular weight is 266 g/mol. The van der Waals surface area contributed by atoms with Gasteiger partial charge in [-0.2, -0.15) is 5.26 Å². The fraction of sp³-hybridized carbons (Fsp3) is 0.235. The van der Waals surface area contributed by atoms with E-state index in [4.69, 9.17) is 15.7 Å². The van der Waals surface area contributed by atoms with Gasteiger partial charge in [-0.25, -0.2) is 0 Å². The number of benzene rings is 2. The van der Waals surface area contributed by atoms with Gasteiger partial charge in [0.15, 0.2) is 0 Å². The third-order valence-electron chi connectivity index (χ3n) is 3.44. The first-order valence-electron chi connectivity index (χ1n) is 6.72. The van der Waals surface area contributed by atoms with E-state index < -0.39 is 0 Å². The van der Waals surface area contributed by atoms with Gasteiger partial charge in [-0.3, -0.25) is 0 Å². The minimum absolute atomic E-state index is 0.426. The standard InChI is InChI=1S/C17H18N2O/c1-3-12(2)15-6-4-5-7-17(15)20-14-8-9-16(19)13(10-14)11-18/h4-10,12H,3,19H2,1-2H3. The van der Waals surface area contributed by atoms with Crippen LogP contribution in [0.25, 0.3) is 0 Å². The zero-order chi connectivity index (χ0) is 14.5. The summed E-state index contributed by atoms with van der Waals surface area (Å²) in [4.78, 5) is 0. The summed E-state index contributed by atoms with van der Waals surface area (Å²) < 4.78 is 5.92. The molecule has 0 saturated carbocycles. The molecule has 0 amide bonds. The average Bonchev–Trinajstić information content (AvgIpc) is 2.49. The highest BCUT2D eigenvalue weighted by Crippen LogP contribution is 2.32. The highest BCUT2D eigenvalue weighted by atomic mass is 16.5. The summed E-state index contributed by atoms with van der Waals surface area (Å²) in [5.74, 6) is 1.89. The summed E-state index contributed by atoms with van der Waals surface area (Å²) in [5.41, 5.74) is 7.79. The van der Waals surface area contributed by atoms with Crippen molar-refractivity contribution in [3.8, 4) is 17.6 Å². The molecule has 0 heterocycles. The van der Waals surface area contributed by atoms with Crippen molar-refractivity contribution in [3.63, 3.8) is 0 Å². The number of nitrogen functional groups attached to an aromatic ring is 1. The largest absolute Gasteiger partial charge is 0.457 e. The van der Waals surface area contributed by atoms with Crippen molar-refractivity contribution in [2.75, 3.05) is 5.73 Å². The van der Waals surface area contributed by atoms with Crippen molar-refractivity contribution >= 4 is 5.69 Å². The fourth-order valence-corrected chi connectivity index (χ4v) is 2.02. The van der Waals surface area contributed by atoms with E-state index >= 15 is 0 Å². The Labute approximate surface area is 119 Å². The zero-order valence-corrected chi connectivity index (χ0v) is 11.8. The van der Waals surface area contributed by atoms with Gasteiger partial charge in [-0.05, 0) is 36.1 Å². The Morgan fingerprint density at radius 1 is 1.25 bits per heavy atom. The van der Waals surface area contributed by atoms with Gasteiger partial charge in [0.2, 0.25) is 0 Å². The second-order valence-corrected chi connectivity index (χ2v) is 4.81. The summed E-state index contributed by atoms with van der Waals surface area (Å²) in [6, 6.07) is 15.2. The lowest BCUT2D eigenvalue weighted by molar-refractivity contribution is 0.470. The van der Waals surface area contributed by atoms with Crippen LogP contribution in [-0.4, -0.2) is 0 Å². The summed E-state index contributed by atoms with van der Waals surface area (Å²) in [6.45, 7) is 4.32. The van der Waals surface area contributed by atoms with Crippen LogP contribution in [0.2, 0.25) is 0 Å². The van der Waals surface area contributed by atoms with Crippen LogP contribution in [0.3, 0.4) is 0 Å². The Hall–Kier alpha value is -2.47. The van der Waals surface area contributed by atoms with Crippen LogP contribution in [0.4, 0.5) is 5.69 Å². The molecule has 0 aliphatic carbocycles. The van der Waals surface area contributed by atoms with E-state index in [2.05, 4.69) is 26.0 Å². The molecule has 0 aliphatic rings. The molecule has 3 heteroatoms. The molecule has 0 spiro atoms. The maximum atomic E-state index is 9.00. The van der Waals surface area contributed by atoms with Crippen molar-refractivity contribution in [1.82, 2.24) is 0 Å². The lowest BCUT2D eigenvalue weighted by atomic mass is 9.98. The Morgan fingerprint density at radius 2 is 2.00 bits per heavy atom. The first-order chi connectivity index (χ1) is 9.65. The van der Waals surface area contributed by atoms with Gasteiger partial charge in [0.05, 0.1) is 5.56 Å². The highest BCUT2D eigenvalue weighted by Gasteiger charge is 2.11. The van der Waals surface area contributed by atoms with Gasteiger partial charge < -0.3 is 10.5 Å². The van der Waals surface area contributed by atoms with E-state index in [1.807, 2.05) is 18.2 Å². The predicted molar refractivity (Wildman–Crippen MR) is 80.8 cm³/mol. The van der Waals surface area contributed by atoms with Gasteiger partial charge in [0.25, 0.3) is 0 Å². The molecule has 0 radical (unpaired) electrons. The summed E-state index contributed by atoms with van der Waals surface area (Å²) in [6.07, 6.45) is 1.05. The SMILES string of the molecule is CCC(C)c1ccccc1Oc1ccc(N)c(C#N)c1. The molecule has 0 aliphatic heterocycles. The summed E-state index contributed by atoms with van der Waals surface area (Å²) >= 11 is 0. The molecule has 0 bridgehead atoms. The first-order valence-corrected chi connectivity index (χ1v) is 6.72. The molecule has 2 aromatic rings. The number of ether oxygens (including phenoxy) is 1. The van der Waals surface area contributed by atoms with Crippen LogP contribution in [0, 0.1) is 11.3 Å². The summed E-state index contributed by atoms with van der Waals surface area (Å²) in [5, 5.41) is 9.00. The second-order valence-electron chi connectivity index (χ2n) is 4.81. The minimum Gasteiger partial charge on any atom is -0.457 e. The van der Waals surface area contributed by atoms with Crippen LogP contribution in [0.1, 0.15) is 37.3 Å². The number of anilines is 1. The van der Waals surface area contributed by atoms with Crippen molar-refractivity contribution in [2.45, 2.75) is 26.2 Å². The smallest absolute Gasteiger partial charge is 0.130 e. The fourth-order valence-electron chi connectivity index (χ4n) is 2.02. The van der Waals surface area contributed by atoms with Crippen molar-refractivity contribution in [1.29, 1.82) is 5.26 Å². The Morgan fingerprint density at radius 3 is 2.70 bits per heavy atom. The van der Waals surface area contributed by atoms with E-state index in [9.17, 15) is 0 Å². The lowest BCUT2D eigenvalue weighted by Crippen LogP contribution is -1.97. The molecular formula is C17H18N2O. The zero-order valence-electron chi connectivity index (χ0n) is 11.8. The maximum absolute atomic E-state index is 9.00. The molecule has 0 fully saturated rings. The van der Waals surface area contributed by atoms with E-state index in [1.54, 1.807) is 18.2 Å². The van der Waals surface area contributed by atoms with E-state index in [0.29, 0.717) is 22.9 Å². The minimum atomic E-state index is 0.426. The van der Waals surface area contributed by atoms with Crippen molar-refractivity contribution in [3.05, 3.63) is 53.6 Å². The van der Waals surface area contributed by atoms with Gasteiger partial charge >= 0.3 is 0 Å². The Bertz CT molecular complexity index is 644. The van der Waals surface area contributed by atoms with Crippen molar-refractivity contribution in [2.24, 2.45) is 0 Å². The third kappa shape index (κ3) is 2.92. The molecular weight excluding hydrogens is 248 g/mol. The number of rotatable bonds is 4. The summed E-state index contributed by atoms with van der Waals surface area (Å²) in [7, 11) is 0. The second kappa shape index (κ2) is 6.12. The molecule has 20 heavy (non-hydrogen) atoms. The normalized spacial score (nSPS) is 11.7.